The first-order valence-electron chi connectivity index (χ1n) is 8.29. The fourth-order valence-electron chi connectivity index (χ4n) is 2.66. The molecule has 28 heavy (non-hydrogen) atoms. The number of imide groups is 1. The standard InChI is InChI=1S/C19H16ClNO6S/c20-13-3-1-2-12(9-13)15(27-19(24)25)10-26-14-6-4-11(5-7-14)8-16-17(22)21-18(23)28-16/h1-7,9,15-16H,8,10H2,(H,24,25)(H,21,22,23)/t15-,16?/m0/s1. The van der Waals surface area contributed by atoms with Crippen molar-refractivity contribution >= 4 is 40.7 Å². The SMILES string of the molecule is O=C(O)O[C@@H](COc1ccc(CC2SC(=O)NC2=O)cc1)c1cccc(Cl)c1. The Balaban J connectivity index is 1.61. The van der Waals surface area contributed by atoms with E-state index < -0.39 is 17.5 Å². The molecule has 1 fully saturated rings. The highest BCUT2D eigenvalue weighted by Crippen LogP contribution is 2.25. The first kappa shape index (κ1) is 20.0. The van der Waals surface area contributed by atoms with Gasteiger partial charge in [-0.15, -0.1) is 0 Å². The lowest BCUT2D eigenvalue weighted by molar-refractivity contribution is -0.118. The van der Waals surface area contributed by atoms with Gasteiger partial charge in [0, 0.05) is 5.02 Å². The summed E-state index contributed by atoms with van der Waals surface area (Å²) in [7, 11) is 0. The third-order valence-corrected chi connectivity index (χ3v) is 5.19. The first-order chi connectivity index (χ1) is 13.4. The Kier molecular flexibility index (Phi) is 6.43. The molecule has 9 heteroatoms. The molecule has 0 aromatic heterocycles. The Labute approximate surface area is 170 Å². The number of amides is 2. The van der Waals surface area contributed by atoms with Crippen LogP contribution in [-0.4, -0.2) is 34.3 Å². The summed E-state index contributed by atoms with van der Waals surface area (Å²) in [5.74, 6) is 0.231. The summed E-state index contributed by atoms with van der Waals surface area (Å²) in [6, 6.07) is 13.7. The fraction of sp³-hybridized carbons (Fsp3) is 0.211. The fourth-order valence-corrected chi connectivity index (χ4v) is 3.72. The quantitative estimate of drug-likeness (QED) is 0.650. The number of rotatable bonds is 7. The summed E-state index contributed by atoms with van der Waals surface area (Å²) < 4.78 is 10.6. The van der Waals surface area contributed by atoms with Crippen LogP contribution >= 0.6 is 23.4 Å². The van der Waals surface area contributed by atoms with E-state index in [1.54, 1.807) is 48.5 Å². The van der Waals surface area contributed by atoms with Gasteiger partial charge in [-0.3, -0.25) is 14.9 Å². The third-order valence-electron chi connectivity index (χ3n) is 3.98. The molecule has 0 saturated carbocycles. The first-order valence-corrected chi connectivity index (χ1v) is 9.55. The molecule has 7 nitrogen and oxygen atoms in total. The van der Waals surface area contributed by atoms with Crippen LogP contribution in [0.25, 0.3) is 0 Å². The number of ether oxygens (including phenoxy) is 2. The number of thioether (sulfide) groups is 1. The molecule has 2 N–H and O–H groups in total. The number of carbonyl (C=O) groups is 3. The van der Waals surface area contributed by atoms with Crippen LogP contribution in [0.3, 0.4) is 0 Å². The van der Waals surface area contributed by atoms with E-state index in [4.69, 9.17) is 26.2 Å². The number of halogens is 1. The summed E-state index contributed by atoms with van der Waals surface area (Å²) in [5.41, 5.74) is 1.46. The van der Waals surface area contributed by atoms with Crippen LogP contribution in [0, 0.1) is 0 Å². The van der Waals surface area contributed by atoms with E-state index in [1.165, 1.54) is 0 Å². The van der Waals surface area contributed by atoms with Crippen molar-refractivity contribution in [3.8, 4) is 5.75 Å². The lowest BCUT2D eigenvalue weighted by atomic mass is 10.1. The molecule has 1 aliphatic heterocycles. The predicted molar refractivity (Wildman–Crippen MR) is 104 cm³/mol. The van der Waals surface area contributed by atoms with Crippen molar-refractivity contribution < 1.29 is 29.0 Å². The molecule has 3 rings (SSSR count). The smallest absolute Gasteiger partial charge is 0.489 e. The van der Waals surface area contributed by atoms with Gasteiger partial charge in [0.25, 0.3) is 5.24 Å². The molecule has 2 atom stereocenters. The van der Waals surface area contributed by atoms with Crippen LogP contribution in [0.15, 0.2) is 48.5 Å². The minimum atomic E-state index is -1.41. The summed E-state index contributed by atoms with van der Waals surface area (Å²) in [6.07, 6.45) is -1.82. The Morgan fingerprint density at radius 3 is 2.57 bits per heavy atom. The van der Waals surface area contributed by atoms with E-state index >= 15 is 0 Å². The van der Waals surface area contributed by atoms with Gasteiger partial charge in [0.15, 0.2) is 6.10 Å². The molecule has 0 spiro atoms. The molecule has 146 valence electrons. The van der Waals surface area contributed by atoms with Gasteiger partial charge in [-0.2, -0.15) is 0 Å². The highest BCUT2D eigenvalue weighted by molar-refractivity contribution is 8.15. The monoisotopic (exact) mass is 421 g/mol. The van der Waals surface area contributed by atoms with Crippen LogP contribution < -0.4 is 10.1 Å². The zero-order chi connectivity index (χ0) is 20.1. The molecule has 1 aliphatic rings. The van der Waals surface area contributed by atoms with Gasteiger partial charge in [0.1, 0.15) is 12.4 Å². The minimum absolute atomic E-state index is 0.0264. The molecule has 0 aliphatic carbocycles. The number of hydrogen-bond acceptors (Lipinski definition) is 6. The molecular weight excluding hydrogens is 406 g/mol. The van der Waals surface area contributed by atoms with E-state index in [2.05, 4.69) is 5.32 Å². The van der Waals surface area contributed by atoms with Gasteiger partial charge in [-0.1, -0.05) is 47.6 Å². The molecule has 1 unspecified atom stereocenters. The topological polar surface area (TPSA) is 102 Å². The molecule has 0 bridgehead atoms. The predicted octanol–water partition coefficient (Wildman–Crippen LogP) is 4.05. The van der Waals surface area contributed by atoms with E-state index in [0.717, 1.165) is 17.3 Å². The average molecular weight is 422 g/mol. The zero-order valence-electron chi connectivity index (χ0n) is 14.5. The van der Waals surface area contributed by atoms with Gasteiger partial charge < -0.3 is 14.6 Å². The normalized spacial score (nSPS) is 17.1. The summed E-state index contributed by atoms with van der Waals surface area (Å²) in [4.78, 5) is 33.8. The van der Waals surface area contributed by atoms with Crippen LogP contribution in [0.4, 0.5) is 9.59 Å². The Hall–Kier alpha value is -2.71. The van der Waals surface area contributed by atoms with Crippen molar-refractivity contribution in [3.05, 3.63) is 64.7 Å². The maximum absolute atomic E-state index is 11.6. The zero-order valence-corrected chi connectivity index (χ0v) is 16.0. The minimum Gasteiger partial charge on any atom is -0.489 e. The summed E-state index contributed by atoms with van der Waals surface area (Å²) in [6.45, 7) is -0.0264. The third kappa shape index (κ3) is 5.40. The molecule has 1 heterocycles. The molecule has 0 radical (unpaired) electrons. The lowest BCUT2D eigenvalue weighted by Gasteiger charge is -2.17. The van der Waals surface area contributed by atoms with Crippen molar-refractivity contribution in [1.82, 2.24) is 5.32 Å². The van der Waals surface area contributed by atoms with Crippen molar-refractivity contribution in [2.45, 2.75) is 17.8 Å². The molecule has 2 amide bonds. The highest BCUT2D eigenvalue weighted by Gasteiger charge is 2.31. The van der Waals surface area contributed by atoms with Crippen LogP contribution in [-0.2, 0) is 16.0 Å². The van der Waals surface area contributed by atoms with Crippen LogP contribution in [0.5, 0.6) is 5.75 Å². The van der Waals surface area contributed by atoms with E-state index in [-0.39, 0.29) is 17.8 Å². The van der Waals surface area contributed by atoms with Crippen molar-refractivity contribution in [1.29, 1.82) is 0 Å². The number of nitrogens with one attached hydrogen (secondary N) is 1. The van der Waals surface area contributed by atoms with Crippen molar-refractivity contribution in [2.24, 2.45) is 0 Å². The van der Waals surface area contributed by atoms with E-state index in [9.17, 15) is 14.4 Å². The van der Waals surface area contributed by atoms with Crippen molar-refractivity contribution in [2.75, 3.05) is 6.61 Å². The van der Waals surface area contributed by atoms with Gasteiger partial charge in [-0.05, 0) is 41.8 Å². The average Bonchev–Trinajstić information content (AvgIpc) is 2.96. The number of hydrogen-bond donors (Lipinski definition) is 2. The van der Waals surface area contributed by atoms with Gasteiger partial charge >= 0.3 is 6.16 Å². The Morgan fingerprint density at radius 1 is 1.21 bits per heavy atom. The number of carbonyl (C=O) groups excluding carboxylic acids is 2. The second kappa shape index (κ2) is 8.99. The van der Waals surface area contributed by atoms with Crippen molar-refractivity contribution in [3.63, 3.8) is 0 Å². The van der Waals surface area contributed by atoms with Gasteiger partial charge in [0.2, 0.25) is 5.91 Å². The van der Waals surface area contributed by atoms with Crippen LogP contribution in [0.1, 0.15) is 17.2 Å². The molecule has 2 aromatic carbocycles. The van der Waals surface area contributed by atoms with E-state index in [0.29, 0.717) is 22.8 Å². The lowest BCUT2D eigenvalue weighted by Crippen LogP contribution is -2.25. The summed E-state index contributed by atoms with van der Waals surface area (Å²) in [5, 5.41) is 10.9. The van der Waals surface area contributed by atoms with Gasteiger partial charge in [0.05, 0.1) is 5.25 Å². The Morgan fingerprint density at radius 2 is 1.96 bits per heavy atom. The number of carboxylic acid groups (broad SMARTS) is 1. The highest BCUT2D eigenvalue weighted by atomic mass is 35.5. The maximum atomic E-state index is 11.6. The Bertz CT molecular complexity index is 888. The second-order valence-electron chi connectivity index (χ2n) is 5.97. The molecular formula is C19H16ClNO6S. The number of benzene rings is 2. The summed E-state index contributed by atoms with van der Waals surface area (Å²) >= 11 is 6.93. The van der Waals surface area contributed by atoms with Crippen LogP contribution in [0.2, 0.25) is 5.02 Å². The maximum Gasteiger partial charge on any atom is 0.506 e. The van der Waals surface area contributed by atoms with Gasteiger partial charge in [-0.25, -0.2) is 4.79 Å². The van der Waals surface area contributed by atoms with E-state index in [1.807, 2.05) is 0 Å². The molecule has 2 aromatic rings. The largest absolute Gasteiger partial charge is 0.506 e. The molecule has 1 saturated heterocycles. The second-order valence-corrected chi connectivity index (χ2v) is 7.58.